The highest BCUT2D eigenvalue weighted by Gasteiger charge is 2.39. The molecule has 172 valence electrons. The number of hydrogen-bond acceptors (Lipinski definition) is 5. The molecule has 1 spiro atoms. The maximum Gasteiger partial charge on any atom is 0.191 e. The highest BCUT2D eigenvalue weighted by Crippen LogP contribution is 2.41. The molecular formula is C23H48N2O3Si. The zero-order valence-corrected chi connectivity index (χ0v) is 20.9. The van der Waals surface area contributed by atoms with Crippen molar-refractivity contribution in [3.8, 4) is 0 Å². The van der Waals surface area contributed by atoms with E-state index in [-0.39, 0.29) is 19.3 Å². The van der Waals surface area contributed by atoms with Crippen molar-refractivity contribution in [1.29, 1.82) is 0 Å². The van der Waals surface area contributed by atoms with Gasteiger partial charge in [-0.1, -0.05) is 20.8 Å². The van der Waals surface area contributed by atoms with Crippen LogP contribution in [-0.2, 0) is 4.43 Å². The number of likely N-dealkylation sites (tertiary alicyclic amines) is 2. The van der Waals surface area contributed by atoms with Gasteiger partial charge in [0.1, 0.15) is 0 Å². The van der Waals surface area contributed by atoms with Gasteiger partial charge in [0.2, 0.25) is 0 Å². The summed E-state index contributed by atoms with van der Waals surface area (Å²) >= 11 is 0. The molecule has 0 bridgehead atoms. The van der Waals surface area contributed by atoms with Crippen molar-refractivity contribution in [2.75, 3.05) is 52.5 Å². The fraction of sp³-hybridized carbons (Fsp3) is 1.00. The molecule has 2 saturated heterocycles. The van der Waals surface area contributed by atoms with E-state index in [9.17, 15) is 10.2 Å². The third-order valence-corrected chi connectivity index (χ3v) is 12.6. The van der Waals surface area contributed by atoms with Crippen LogP contribution in [0.4, 0.5) is 0 Å². The quantitative estimate of drug-likeness (QED) is 0.410. The standard InChI is InChI=1S/C23H48N2O3Si/c1-22(2,3)29(4,5)28-18-8-6-7-13-24-14-9-23(10-15-24)11-16-25(17-12-23)21(19-26)20-27/h21,26-27H,6-20H2,1-5H3. The van der Waals surface area contributed by atoms with Crippen LogP contribution in [0, 0.1) is 5.41 Å². The van der Waals surface area contributed by atoms with E-state index in [0.29, 0.717) is 10.5 Å². The molecule has 0 amide bonds. The maximum atomic E-state index is 9.41. The van der Waals surface area contributed by atoms with Gasteiger partial charge in [-0.3, -0.25) is 4.90 Å². The predicted molar refractivity (Wildman–Crippen MR) is 124 cm³/mol. The third kappa shape index (κ3) is 7.29. The molecule has 0 aliphatic carbocycles. The van der Waals surface area contributed by atoms with Crippen LogP contribution in [0.1, 0.15) is 65.7 Å². The molecule has 0 radical (unpaired) electrons. The fourth-order valence-electron chi connectivity index (χ4n) is 4.56. The van der Waals surface area contributed by atoms with Gasteiger partial charge in [-0.15, -0.1) is 0 Å². The highest BCUT2D eigenvalue weighted by atomic mass is 28.4. The van der Waals surface area contributed by atoms with Gasteiger partial charge >= 0.3 is 0 Å². The Kier molecular flexibility index (Phi) is 9.63. The van der Waals surface area contributed by atoms with E-state index in [2.05, 4.69) is 43.7 Å². The fourth-order valence-corrected chi connectivity index (χ4v) is 5.65. The van der Waals surface area contributed by atoms with Crippen LogP contribution < -0.4 is 0 Å². The lowest BCUT2D eigenvalue weighted by atomic mass is 9.71. The van der Waals surface area contributed by atoms with E-state index >= 15 is 0 Å². The lowest BCUT2D eigenvalue weighted by Crippen LogP contribution is -2.51. The molecule has 0 unspecified atom stereocenters. The lowest BCUT2D eigenvalue weighted by molar-refractivity contribution is -0.00475. The number of aliphatic hydroxyl groups excluding tert-OH is 2. The monoisotopic (exact) mass is 428 g/mol. The Balaban J connectivity index is 1.58. The molecule has 29 heavy (non-hydrogen) atoms. The summed E-state index contributed by atoms with van der Waals surface area (Å²) in [6, 6.07) is -0.0620. The second kappa shape index (κ2) is 11.1. The second-order valence-electron chi connectivity index (χ2n) is 11.1. The summed E-state index contributed by atoms with van der Waals surface area (Å²) in [6.45, 7) is 18.4. The number of rotatable bonds is 10. The smallest absolute Gasteiger partial charge is 0.191 e. The summed E-state index contributed by atoms with van der Waals surface area (Å²) in [5.74, 6) is 0. The third-order valence-electron chi connectivity index (χ3n) is 8.10. The summed E-state index contributed by atoms with van der Waals surface area (Å²) in [5.41, 5.74) is 0.513. The van der Waals surface area contributed by atoms with Gasteiger partial charge < -0.3 is 19.5 Å². The van der Waals surface area contributed by atoms with Crippen LogP contribution in [0.3, 0.4) is 0 Å². The molecule has 5 nitrogen and oxygen atoms in total. The van der Waals surface area contributed by atoms with Crippen molar-refractivity contribution in [2.45, 2.75) is 89.9 Å². The van der Waals surface area contributed by atoms with Gasteiger partial charge in [0.15, 0.2) is 8.32 Å². The zero-order valence-electron chi connectivity index (χ0n) is 19.9. The number of piperidine rings is 2. The second-order valence-corrected chi connectivity index (χ2v) is 15.9. The molecule has 6 heteroatoms. The van der Waals surface area contributed by atoms with E-state index in [0.717, 1.165) is 19.7 Å². The number of aliphatic hydroxyl groups is 2. The minimum atomic E-state index is -1.58. The Bertz CT molecular complexity index is 459. The van der Waals surface area contributed by atoms with Crippen LogP contribution in [0.15, 0.2) is 0 Å². The van der Waals surface area contributed by atoms with Gasteiger partial charge in [0.25, 0.3) is 0 Å². The van der Waals surface area contributed by atoms with Crippen molar-refractivity contribution >= 4 is 8.32 Å². The first kappa shape index (κ1) is 25.3. The molecule has 2 N–H and O–H groups in total. The molecule has 2 fully saturated rings. The molecule has 0 aromatic carbocycles. The van der Waals surface area contributed by atoms with Crippen molar-refractivity contribution < 1.29 is 14.6 Å². The average Bonchev–Trinajstić information content (AvgIpc) is 2.68. The van der Waals surface area contributed by atoms with E-state index in [4.69, 9.17) is 4.43 Å². The van der Waals surface area contributed by atoms with E-state index < -0.39 is 8.32 Å². The molecule has 0 saturated carbocycles. The first-order valence-electron chi connectivity index (χ1n) is 11.9. The first-order valence-corrected chi connectivity index (χ1v) is 14.9. The van der Waals surface area contributed by atoms with E-state index in [1.807, 2.05) is 0 Å². The minimum Gasteiger partial charge on any atom is -0.417 e. The SMILES string of the molecule is CC(C)(C)[Si](C)(C)OCCCCCN1CCC2(CC1)CCN(C(CO)CO)CC2. The van der Waals surface area contributed by atoms with Crippen LogP contribution >= 0.6 is 0 Å². The molecule has 2 rings (SSSR count). The molecule has 0 aromatic heterocycles. The molecule has 2 heterocycles. The van der Waals surface area contributed by atoms with Crippen LogP contribution in [0.25, 0.3) is 0 Å². The number of hydrogen-bond donors (Lipinski definition) is 2. The van der Waals surface area contributed by atoms with Crippen LogP contribution in [0.5, 0.6) is 0 Å². The Labute approximate surface area is 180 Å². The molecule has 0 aromatic rings. The normalized spacial score (nSPS) is 21.9. The number of unbranched alkanes of at least 4 members (excludes halogenated alkanes) is 2. The predicted octanol–water partition coefficient (Wildman–Crippen LogP) is 3.71. The largest absolute Gasteiger partial charge is 0.417 e. The minimum absolute atomic E-state index is 0.0620. The summed E-state index contributed by atoms with van der Waals surface area (Å²) in [4.78, 5) is 4.94. The van der Waals surface area contributed by atoms with Gasteiger partial charge in [-0.05, 0) is 101 Å². The lowest BCUT2D eigenvalue weighted by Gasteiger charge is -2.48. The topological polar surface area (TPSA) is 56.2 Å². The van der Waals surface area contributed by atoms with Crippen molar-refractivity contribution in [3.05, 3.63) is 0 Å². The van der Waals surface area contributed by atoms with E-state index in [1.165, 1.54) is 64.6 Å². The van der Waals surface area contributed by atoms with Crippen LogP contribution in [0.2, 0.25) is 18.1 Å². The molecule has 0 atom stereocenters. The molecule has 2 aliphatic rings. The Morgan fingerprint density at radius 3 is 1.97 bits per heavy atom. The van der Waals surface area contributed by atoms with Gasteiger partial charge in [-0.25, -0.2) is 0 Å². The maximum absolute atomic E-state index is 9.41. The van der Waals surface area contributed by atoms with Crippen molar-refractivity contribution in [2.24, 2.45) is 5.41 Å². The van der Waals surface area contributed by atoms with Gasteiger partial charge in [-0.2, -0.15) is 0 Å². The summed E-state index contributed by atoms with van der Waals surface area (Å²) in [6.07, 6.45) is 8.84. The summed E-state index contributed by atoms with van der Waals surface area (Å²) in [5, 5.41) is 19.1. The Morgan fingerprint density at radius 1 is 0.897 bits per heavy atom. The summed E-state index contributed by atoms with van der Waals surface area (Å²) < 4.78 is 6.29. The Hall–Kier alpha value is 0.0169. The highest BCUT2D eigenvalue weighted by molar-refractivity contribution is 6.74. The number of nitrogens with zero attached hydrogens (tertiary/aromatic N) is 2. The van der Waals surface area contributed by atoms with Crippen LogP contribution in [-0.4, -0.2) is 86.9 Å². The van der Waals surface area contributed by atoms with Gasteiger partial charge in [0.05, 0.1) is 19.3 Å². The van der Waals surface area contributed by atoms with Gasteiger partial charge in [0, 0.05) is 6.61 Å². The van der Waals surface area contributed by atoms with E-state index in [1.54, 1.807) is 0 Å². The average molecular weight is 429 g/mol. The van der Waals surface area contributed by atoms with Crippen molar-refractivity contribution in [3.63, 3.8) is 0 Å². The van der Waals surface area contributed by atoms with Crippen molar-refractivity contribution in [1.82, 2.24) is 9.80 Å². The Morgan fingerprint density at radius 2 is 1.45 bits per heavy atom. The summed E-state index contributed by atoms with van der Waals surface area (Å²) in [7, 11) is -1.58. The zero-order chi connectivity index (χ0) is 21.5. The first-order chi connectivity index (χ1) is 13.6. The molecular weight excluding hydrogens is 380 g/mol. The molecule has 2 aliphatic heterocycles.